The van der Waals surface area contributed by atoms with Gasteiger partial charge in [0.15, 0.2) is 11.5 Å². The van der Waals surface area contributed by atoms with Gasteiger partial charge in [0, 0.05) is 24.0 Å². The highest BCUT2D eigenvalue weighted by molar-refractivity contribution is 6.12. The largest absolute Gasteiger partial charge is 0.449 e. The van der Waals surface area contributed by atoms with E-state index in [9.17, 15) is 9.59 Å². The summed E-state index contributed by atoms with van der Waals surface area (Å²) in [5, 5.41) is 3.02. The summed E-state index contributed by atoms with van der Waals surface area (Å²) in [6, 6.07) is 10.6. The van der Waals surface area contributed by atoms with E-state index < -0.39 is 5.91 Å². The van der Waals surface area contributed by atoms with Crippen molar-refractivity contribution in [1.82, 2.24) is 10.3 Å². The number of nitrogen functional groups attached to an aromatic ring is 1. The third kappa shape index (κ3) is 3.83. The second-order valence-electron chi connectivity index (χ2n) is 7.03. The smallest absolute Gasteiger partial charge is 0.294 e. The van der Waals surface area contributed by atoms with Crippen molar-refractivity contribution in [3.05, 3.63) is 54.0 Å². The van der Waals surface area contributed by atoms with E-state index in [0.29, 0.717) is 22.8 Å². The van der Waals surface area contributed by atoms with Gasteiger partial charge in [0.25, 0.3) is 5.91 Å². The topological polar surface area (TPSA) is 97.6 Å². The van der Waals surface area contributed by atoms with E-state index in [-0.39, 0.29) is 24.3 Å². The van der Waals surface area contributed by atoms with Crippen molar-refractivity contribution in [1.29, 1.82) is 0 Å². The van der Waals surface area contributed by atoms with Crippen molar-refractivity contribution in [2.75, 3.05) is 17.2 Å². The van der Waals surface area contributed by atoms with E-state index in [2.05, 4.69) is 10.3 Å². The van der Waals surface area contributed by atoms with Crippen LogP contribution >= 0.6 is 0 Å². The Labute approximate surface area is 163 Å². The molecule has 1 aromatic carbocycles. The molecule has 0 bridgehead atoms. The van der Waals surface area contributed by atoms with Crippen molar-refractivity contribution >= 4 is 29.3 Å². The maximum atomic E-state index is 13.1. The number of hydrogen-bond donors (Lipinski definition) is 2. The van der Waals surface area contributed by atoms with Gasteiger partial charge in [-0.15, -0.1) is 0 Å². The Morgan fingerprint density at radius 2 is 2.11 bits per heavy atom. The zero-order valence-electron chi connectivity index (χ0n) is 15.4. The minimum Gasteiger partial charge on any atom is -0.449 e. The molecule has 28 heavy (non-hydrogen) atoms. The number of amides is 2. The highest BCUT2D eigenvalue weighted by Crippen LogP contribution is 2.37. The van der Waals surface area contributed by atoms with Crippen LogP contribution in [0.1, 0.15) is 31.4 Å². The molecule has 1 saturated carbocycles. The highest BCUT2D eigenvalue weighted by atomic mass is 16.5. The van der Waals surface area contributed by atoms with E-state index in [1.165, 1.54) is 4.90 Å². The Hall–Kier alpha value is -3.35. The maximum absolute atomic E-state index is 13.1. The lowest BCUT2D eigenvalue weighted by Gasteiger charge is -2.30. The summed E-state index contributed by atoms with van der Waals surface area (Å²) in [5.74, 6) is 0.00678. The Kier molecular flexibility index (Phi) is 4.97. The first-order chi connectivity index (χ1) is 13.6. The number of ether oxygens (including phenoxy) is 1. The third-order valence-electron chi connectivity index (χ3n) is 4.94. The average Bonchev–Trinajstić information content (AvgIpc) is 3.19. The van der Waals surface area contributed by atoms with Crippen LogP contribution in [0.2, 0.25) is 0 Å². The normalized spacial score (nSPS) is 18.1. The zero-order valence-corrected chi connectivity index (χ0v) is 15.4. The van der Waals surface area contributed by atoms with Crippen molar-refractivity contribution in [2.24, 2.45) is 0 Å². The molecule has 0 atom stereocenters. The van der Waals surface area contributed by atoms with E-state index in [1.807, 2.05) is 6.07 Å². The third-order valence-corrected chi connectivity index (χ3v) is 4.94. The highest BCUT2D eigenvalue weighted by Gasteiger charge is 2.32. The molecule has 144 valence electrons. The summed E-state index contributed by atoms with van der Waals surface area (Å²) in [7, 11) is 0. The number of aromatic nitrogens is 1. The van der Waals surface area contributed by atoms with Crippen LogP contribution in [0.5, 0.6) is 5.75 Å². The molecule has 4 rings (SSSR count). The van der Waals surface area contributed by atoms with E-state index in [0.717, 1.165) is 25.7 Å². The van der Waals surface area contributed by atoms with Crippen LogP contribution in [0.15, 0.2) is 48.4 Å². The summed E-state index contributed by atoms with van der Waals surface area (Å²) in [6.45, 7) is -0.0886. The number of carbonyl (C=O) groups excluding carboxylic acids is 2. The molecule has 0 unspecified atom stereocenters. The van der Waals surface area contributed by atoms with Crippen LogP contribution in [0.25, 0.3) is 6.08 Å². The van der Waals surface area contributed by atoms with E-state index >= 15 is 0 Å². The number of carbonyl (C=O) groups is 2. The van der Waals surface area contributed by atoms with Crippen LogP contribution in [0.3, 0.4) is 0 Å². The lowest BCUT2D eigenvalue weighted by atomic mass is 10.1. The molecule has 3 N–H and O–H groups in total. The molecule has 0 spiro atoms. The number of nitrogens with zero attached hydrogens (tertiary/aromatic N) is 2. The van der Waals surface area contributed by atoms with Crippen LogP contribution in [-0.2, 0) is 9.59 Å². The summed E-state index contributed by atoms with van der Waals surface area (Å²) >= 11 is 0. The average molecular weight is 378 g/mol. The molecule has 1 fully saturated rings. The first-order valence-corrected chi connectivity index (χ1v) is 9.41. The van der Waals surface area contributed by atoms with Crippen molar-refractivity contribution in [3.63, 3.8) is 0 Å². The van der Waals surface area contributed by atoms with Crippen LogP contribution in [0.4, 0.5) is 11.4 Å². The van der Waals surface area contributed by atoms with Gasteiger partial charge in [0.1, 0.15) is 6.54 Å². The van der Waals surface area contributed by atoms with Crippen molar-refractivity contribution < 1.29 is 14.3 Å². The quantitative estimate of drug-likeness (QED) is 0.629. The predicted molar refractivity (Wildman–Crippen MR) is 106 cm³/mol. The Bertz CT molecular complexity index is 921. The van der Waals surface area contributed by atoms with Gasteiger partial charge in [-0.3, -0.25) is 19.5 Å². The number of anilines is 2. The number of fused-ring (bicyclic) bond motifs is 1. The first-order valence-electron chi connectivity index (χ1n) is 9.41. The van der Waals surface area contributed by atoms with Gasteiger partial charge in [-0.05, 0) is 43.2 Å². The fraction of sp³-hybridized carbons (Fsp3) is 0.286. The van der Waals surface area contributed by atoms with Gasteiger partial charge >= 0.3 is 0 Å². The van der Waals surface area contributed by atoms with Crippen LogP contribution in [-0.4, -0.2) is 29.4 Å². The summed E-state index contributed by atoms with van der Waals surface area (Å²) < 4.78 is 5.79. The molecule has 2 amide bonds. The lowest BCUT2D eigenvalue weighted by Crippen LogP contribution is -2.46. The second-order valence-corrected chi connectivity index (χ2v) is 7.03. The molecule has 1 aromatic heterocycles. The molecular weight excluding hydrogens is 356 g/mol. The summed E-state index contributed by atoms with van der Waals surface area (Å²) in [4.78, 5) is 31.2. The Morgan fingerprint density at radius 3 is 2.86 bits per heavy atom. The van der Waals surface area contributed by atoms with Gasteiger partial charge < -0.3 is 15.8 Å². The number of nitrogens with two attached hydrogens (primary N) is 1. The fourth-order valence-corrected chi connectivity index (χ4v) is 3.57. The van der Waals surface area contributed by atoms with E-state index in [4.69, 9.17) is 10.5 Å². The molecule has 0 saturated heterocycles. The Balaban J connectivity index is 1.62. The Morgan fingerprint density at radius 1 is 1.29 bits per heavy atom. The standard InChI is InChI=1S/C21H22N4O3/c22-14-8-9-18-17(11-14)25(13-20(26)24-15-5-1-2-6-15)21(27)19(28-18)12-16-7-3-4-10-23-16/h3-4,7-12,15H,1-2,5-6,13,22H2,(H,24,26)/b19-12+. The maximum Gasteiger partial charge on any atom is 0.294 e. The van der Waals surface area contributed by atoms with Crippen LogP contribution < -0.4 is 20.7 Å². The van der Waals surface area contributed by atoms with Crippen LogP contribution in [0, 0.1) is 0 Å². The molecular formula is C21H22N4O3. The SMILES string of the molecule is Nc1ccc2c(c1)N(CC(=O)NC1CCCC1)C(=O)/C(=C\c1ccccn1)O2. The van der Waals surface area contributed by atoms with Gasteiger partial charge in [-0.1, -0.05) is 18.9 Å². The fourth-order valence-electron chi connectivity index (χ4n) is 3.57. The van der Waals surface area contributed by atoms with E-state index in [1.54, 1.807) is 42.6 Å². The number of hydrogen-bond acceptors (Lipinski definition) is 5. The molecule has 2 heterocycles. The molecule has 7 heteroatoms. The van der Waals surface area contributed by atoms with Gasteiger partial charge in [-0.25, -0.2) is 0 Å². The summed E-state index contributed by atoms with van der Waals surface area (Å²) in [5.41, 5.74) is 7.47. The first kappa shape index (κ1) is 18.0. The number of nitrogens with one attached hydrogen (secondary N) is 1. The molecule has 1 aliphatic carbocycles. The molecule has 2 aliphatic rings. The minimum absolute atomic E-state index is 0.0886. The monoisotopic (exact) mass is 378 g/mol. The second kappa shape index (κ2) is 7.72. The summed E-state index contributed by atoms with van der Waals surface area (Å²) in [6.07, 6.45) is 7.43. The molecule has 1 aliphatic heterocycles. The van der Waals surface area contributed by atoms with Gasteiger partial charge in [0.2, 0.25) is 5.91 Å². The molecule has 2 aromatic rings. The predicted octanol–water partition coefficient (Wildman–Crippen LogP) is 2.49. The number of benzene rings is 1. The van der Waals surface area contributed by atoms with Gasteiger partial charge in [-0.2, -0.15) is 0 Å². The minimum atomic E-state index is -0.398. The molecule has 7 nitrogen and oxygen atoms in total. The number of pyridine rings is 1. The zero-order chi connectivity index (χ0) is 19.5. The number of rotatable bonds is 4. The van der Waals surface area contributed by atoms with Crippen molar-refractivity contribution in [3.8, 4) is 5.75 Å². The lowest BCUT2D eigenvalue weighted by molar-refractivity contribution is -0.123. The van der Waals surface area contributed by atoms with Gasteiger partial charge in [0.05, 0.1) is 11.4 Å². The van der Waals surface area contributed by atoms with Crippen molar-refractivity contribution in [2.45, 2.75) is 31.7 Å². The molecule has 0 radical (unpaired) electrons.